The zero-order valence-corrected chi connectivity index (χ0v) is 16.1. The Hall–Kier alpha value is -2.08. The van der Waals surface area contributed by atoms with E-state index in [0.717, 1.165) is 36.0 Å². The number of pyridine rings is 1. The fourth-order valence-corrected chi connectivity index (χ4v) is 3.71. The van der Waals surface area contributed by atoms with Crippen LogP contribution in [0, 0.1) is 11.3 Å². The van der Waals surface area contributed by atoms with Gasteiger partial charge in [0, 0.05) is 12.2 Å². The standard InChI is InChI=1S/C20H29N3O3/c1-5-26-19(25)18-17(21-8-9-24)16-15(23-18)11-12-10-13(20(2,3)4)6-7-14(12)22-16/h11,13,21,23-24H,5-10H2,1-4H3. The Labute approximate surface area is 154 Å². The number of aromatic nitrogens is 2. The summed E-state index contributed by atoms with van der Waals surface area (Å²) in [5, 5.41) is 12.3. The van der Waals surface area contributed by atoms with Crippen molar-refractivity contribution < 1.29 is 14.6 Å². The molecule has 0 aliphatic heterocycles. The van der Waals surface area contributed by atoms with Crippen LogP contribution in [0.5, 0.6) is 0 Å². The number of aliphatic hydroxyl groups is 1. The molecule has 0 radical (unpaired) electrons. The third kappa shape index (κ3) is 3.56. The molecule has 3 rings (SSSR count). The number of aromatic amines is 1. The first-order valence-corrected chi connectivity index (χ1v) is 9.41. The molecule has 2 heterocycles. The molecule has 6 nitrogen and oxygen atoms in total. The van der Waals surface area contributed by atoms with Crippen molar-refractivity contribution in [1.29, 1.82) is 0 Å². The molecule has 1 aliphatic rings. The summed E-state index contributed by atoms with van der Waals surface area (Å²) in [6.07, 6.45) is 3.09. The average Bonchev–Trinajstić information content (AvgIpc) is 2.94. The number of ether oxygens (including phenoxy) is 1. The fraction of sp³-hybridized carbons (Fsp3) is 0.600. The highest BCUT2D eigenvalue weighted by Crippen LogP contribution is 2.38. The Balaban J connectivity index is 2.04. The molecule has 1 aliphatic carbocycles. The van der Waals surface area contributed by atoms with Gasteiger partial charge in [-0.3, -0.25) is 0 Å². The van der Waals surface area contributed by atoms with Gasteiger partial charge in [-0.25, -0.2) is 9.78 Å². The minimum atomic E-state index is -0.406. The Bertz CT molecular complexity index is 805. The number of fused-ring (bicyclic) bond motifs is 2. The average molecular weight is 359 g/mol. The van der Waals surface area contributed by atoms with Crippen LogP contribution in [0.1, 0.15) is 55.9 Å². The first kappa shape index (κ1) is 18.7. The quantitative estimate of drug-likeness (QED) is 0.713. The molecule has 0 aromatic carbocycles. The van der Waals surface area contributed by atoms with Crippen molar-refractivity contribution >= 4 is 22.7 Å². The molecule has 2 aromatic rings. The van der Waals surface area contributed by atoms with E-state index in [1.165, 1.54) is 5.56 Å². The van der Waals surface area contributed by atoms with Gasteiger partial charge in [-0.2, -0.15) is 0 Å². The molecule has 3 N–H and O–H groups in total. The van der Waals surface area contributed by atoms with Crippen molar-refractivity contribution in [3.8, 4) is 0 Å². The molecule has 0 bridgehead atoms. The summed E-state index contributed by atoms with van der Waals surface area (Å²) in [6, 6.07) is 2.13. The van der Waals surface area contributed by atoms with E-state index in [1.54, 1.807) is 6.92 Å². The lowest BCUT2D eigenvalue weighted by atomic mass is 9.71. The van der Waals surface area contributed by atoms with E-state index in [2.05, 4.69) is 37.1 Å². The number of esters is 1. The summed E-state index contributed by atoms with van der Waals surface area (Å²) in [4.78, 5) is 20.4. The number of nitrogens with zero attached hydrogens (tertiary/aromatic N) is 1. The number of anilines is 1. The van der Waals surface area contributed by atoms with Crippen molar-refractivity contribution in [1.82, 2.24) is 9.97 Å². The lowest BCUT2D eigenvalue weighted by Gasteiger charge is -2.34. The number of hydrogen-bond donors (Lipinski definition) is 3. The van der Waals surface area contributed by atoms with Gasteiger partial charge < -0.3 is 20.1 Å². The maximum atomic E-state index is 12.3. The minimum absolute atomic E-state index is 0.0207. The Morgan fingerprint density at radius 3 is 2.88 bits per heavy atom. The molecule has 0 spiro atoms. The van der Waals surface area contributed by atoms with E-state index < -0.39 is 5.97 Å². The van der Waals surface area contributed by atoms with Gasteiger partial charge in [0.2, 0.25) is 0 Å². The molecule has 0 fully saturated rings. The van der Waals surface area contributed by atoms with E-state index in [9.17, 15) is 4.79 Å². The second-order valence-corrected chi connectivity index (χ2v) is 8.04. The highest BCUT2D eigenvalue weighted by Gasteiger charge is 2.30. The first-order chi connectivity index (χ1) is 12.3. The minimum Gasteiger partial charge on any atom is -0.461 e. The van der Waals surface area contributed by atoms with Crippen LogP contribution in [-0.4, -0.2) is 40.8 Å². The molecule has 2 aromatic heterocycles. The normalized spacial score (nSPS) is 17.2. The highest BCUT2D eigenvalue weighted by molar-refractivity contribution is 6.04. The molecule has 142 valence electrons. The molecule has 1 atom stereocenters. The topological polar surface area (TPSA) is 87.2 Å². The summed E-state index contributed by atoms with van der Waals surface area (Å²) in [7, 11) is 0. The lowest BCUT2D eigenvalue weighted by Crippen LogP contribution is -2.27. The smallest absolute Gasteiger partial charge is 0.357 e. The van der Waals surface area contributed by atoms with Crippen molar-refractivity contribution in [2.45, 2.75) is 47.0 Å². The van der Waals surface area contributed by atoms with Crippen LogP contribution in [0.4, 0.5) is 5.69 Å². The molecule has 6 heteroatoms. The van der Waals surface area contributed by atoms with E-state index in [4.69, 9.17) is 14.8 Å². The van der Waals surface area contributed by atoms with Crippen LogP contribution in [-0.2, 0) is 17.6 Å². The second kappa shape index (κ2) is 7.27. The van der Waals surface area contributed by atoms with Gasteiger partial charge in [-0.1, -0.05) is 20.8 Å². The van der Waals surface area contributed by atoms with Crippen LogP contribution < -0.4 is 5.32 Å². The molecule has 0 amide bonds. The maximum absolute atomic E-state index is 12.3. The predicted octanol–water partition coefficient (Wildman–Crippen LogP) is 3.29. The van der Waals surface area contributed by atoms with Crippen LogP contribution in [0.15, 0.2) is 6.07 Å². The SMILES string of the molecule is CCOC(=O)c1[nH]c2cc3c(nc2c1NCCO)CCC(C(C)(C)C)C3. The number of carbonyl (C=O) groups excluding carboxylic acids is 1. The predicted molar refractivity (Wildman–Crippen MR) is 103 cm³/mol. The summed E-state index contributed by atoms with van der Waals surface area (Å²) in [5.41, 5.74) is 5.21. The van der Waals surface area contributed by atoms with E-state index >= 15 is 0 Å². The van der Waals surface area contributed by atoms with Gasteiger partial charge in [0.15, 0.2) is 5.69 Å². The fourth-order valence-electron chi connectivity index (χ4n) is 3.71. The number of aryl methyl sites for hydroxylation is 1. The highest BCUT2D eigenvalue weighted by atomic mass is 16.5. The third-order valence-electron chi connectivity index (χ3n) is 5.25. The first-order valence-electron chi connectivity index (χ1n) is 9.41. The molecule has 1 unspecified atom stereocenters. The Morgan fingerprint density at radius 2 is 2.23 bits per heavy atom. The third-order valence-corrected chi connectivity index (χ3v) is 5.25. The van der Waals surface area contributed by atoms with E-state index in [0.29, 0.717) is 30.5 Å². The van der Waals surface area contributed by atoms with E-state index in [-0.39, 0.29) is 12.0 Å². The maximum Gasteiger partial charge on any atom is 0.357 e. The Morgan fingerprint density at radius 1 is 1.46 bits per heavy atom. The van der Waals surface area contributed by atoms with Crippen LogP contribution in [0.2, 0.25) is 0 Å². The van der Waals surface area contributed by atoms with Gasteiger partial charge in [0.05, 0.1) is 24.4 Å². The van der Waals surface area contributed by atoms with Gasteiger partial charge in [-0.05, 0) is 49.1 Å². The molecule has 0 saturated carbocycles. The van der Waals surface area contributed by atoms with Crippen LogP contribution >= 0.6 is 0 Å². The van der Waals surface area contributed by atoms with E-state index in [1.807, 2.05) is 0 Å². The Kier molecular flexibility index (Phi) is 5.23. The number of H-pyrrole nitrogens is 1. The molecule has 26 heavy (non-hydrogen) atoms. The summed E-state index contributed by atoms with van der Waals surface area (Å²) >= 11 is 0. The second-order valence-electron chi connectivity index (χ2n) is 8.04. The largest absolute Gasteiger partial charge is 0.461 e. The number of rotatable bonds is 5. The molecular formula is C20H29N3O3. The van der Waals surface area contributed by atoms with Gasteiger partial charge in [-0.15, -0.1) is 0 Å². The summed E-state index contributed by atoms with van der Waals surface area (Å²) in [5.74, 6) is 0.220. The molecular weight excluding hydrogens is 330 g/mol. The lowest BCUT2D eigenvalue weighted by molar-refractivity contribution is 0.0521. The molecule has 0 saturated heterocycles. The van der Waals surface area contributed by atoms with Gasteiger partial charge >= 0.3 is 5.97 Å². The van der Waals surface area contributed by atoms with Crippen molar-refractivity contribution in [2.75, 3.05) is 25.1 Å². The zero-order chi connectivity index (χ0) is 18.9. The number of hydrogen-bond acceptors (Lipinski definition) is 5. The van der Waals surface area contributed by atoms with Gasteiger partial charge in [0.25, 0.3) is 0 Å². The van der Waals surface area contributed by atoms with Crippen molar-refractivity contribution in [3.05, 3.63) is 23.0 Å². The monoisotopic (exact) mass is 359 g/mol. The number of carbonyl (C=O) groups is 1. The van der Waals surface area contributed by atoms with Crippen molar-refractivity contribution in [2.24, 2.45) is 11.3 Å². The summed E-state index contributed by atoms with van der Waals surface area (Å²) < 4.78 is 5.16. The zero-order valence-electron chi connectivity index (χ0n) is 16.1. The van der Waals surface area contributed by atoms with Crippen LogP contribution in [0.25, 0.3) is 11.0 Å². The van der Waals surface area contributed by atoms with Crippen molar-refractivity contribution in [3.63, 3.8) is 0 Å². The number of nitrogens with one attached hydrogen (secondary N) is 2. The number of aliphatic hydroxyl groups excluding tert-OH is 1. The summed E-state index contributed by atoms with van der Waals surface area (Å²) in [6.45, 7) is 9.30. The van der Waals surface area contributed by atoms with Gasteiger partial charge in [0.1, 0.15) is 5.52 Å². The van der Waals surface area contributed by atoms with Crippen LogP contribution in [0.3, 0.4) is 0 Å².